The van der Waals surface area contributed by atoms with E-state index in [0.29, 0.717) is 45.0 Å². The molecule has 2 atom stereocenters. The van der Waals surface area contributed by atoms with Gasteiger partial charge in [0.15, 0.2) is 5.16 Å². The van der Waals surface area contributed by atoms with Gasteiger partial charge in [0.05, 0.1) is 10.4 Å². The molecule has 0 spiro atoms. The van der Waals surface area contributed by atoms with Gasteiger partial charge in [-0.2, -0.15) is 0 Å². The van der Waals surface area contributed by atoms with Crippen molar-refractivity contribution in [3.8, 4) is 0 Å². The van der Waals surface area contributed by atoms with Gasteiger partial charge in [0, 0.05) is 41.1 Å². The molecule has 2 unspecified atom stereocenters. The Morgan fingerprint density at radius 3 is 2.79 bits per heavy atom. The number of anilines is 1. The number of carboxylic acids is 1. The van der Waals surface area contributed by atoms with E-state index in [1.807, 2.05) is 20.8 Å². The van der Waals surface area contributed by atoms with Crippen molar-refractivity contribution >= 4 is 51.9 Å². The van der Waals surface area contributed by atoms with Crippen molar-refractivity contribution in [2.45, 2.75) is 51.2 Å². The van der Waals surface area contributed by atoms with Crippen LogP contribution in [-0.2, 0) is 11.2 Å². The van der Waals surface area contributed by atoms with E-state index in [1.165, 1.54) is 11.8 Å². The Labute approximate surface area is 208 Å². The second-order valence-corrected chi connectivity index (χ2v) is 9.99. The van der Waals surface area contributed by atoms with Gasteiger partial charge in [-0.05, 0) is 43.9 Å². The lowest BCUT2D eigenvalue weighted by Gasteiger charge is -2.20. The molecule has 4 N–H and O–H groups in total. The number of aryl methyl sites for hydroxylation is 1. The number of halogens is 1. The van der Waals surface area contributed by atoms with Gasteiger partial charge in [0.25, 0.3) is 0 Å². The SMILES string of the molecule is C=C(/C=C1\C(CC)=NC(C)=CC1C(=O)O)Sc1nc(N2CCC(N)C2)c2c(Cl)c(CC)[nH]c2n1. The van der Waals surface area contributed by atoms with Crippen LogP contribution >= 0.6 is 23.4 Å². The van der Waals surface area contributed by atoms with Crippen LogP contribution in [0.3, 0.4) is 0 Å². The van der Waals surface area contributed by atoms with Crippen molar-refractivity contribution in [3.63, 3.8) is 0 Å². The van der Waals surface area contributed by atoms with Gasteiger partial charge < -0.3 is 20.7 Å². The van der Waals surface area contributed by atoms with Crippen LogP contribution in [0.15, 0.2) is 45.1 Å². The number of H-pyrrole nitrogens is 1. The number of aliphatic imine (C=N–C) groups is 1. The molecular weight excluding hydrogens is 472 g/mol. The van der Waals surface area contributed by atoms with Gasteiger partial charge in [0.1, 0.15) is 17.4 Å². The molecule has 0 saturated carbocycles. The lowest BCUT2D eigenvalue weighted by atomic mass is 9.90. The zero-order chi connectivity index (χ0) is 24.6. The topological polar surface area (TPSA) is 120 Å². The van der Waals surface area contributed by atoms with Crippen LogP contribution in [0.25, 0.3) is 11.0 Å². The molecule has 0 aromatic carbocycles. The van der Waals surface area contributed by atoms with Gasteiger partial charge in [-0.25, -0.2) is 9.97 Å². The summed E-state index contributed by atoms with van der Waals surface area (Å²) in [6.45, 7) is 11.5. The molecule has 2 aliphatic heterocycles. The highest BCUT2D eigenvalue weighted by Crippen LogP contribution is 2.38. The minimum atomic E-state index is -0.914. The molecule has 0 bridgehead atoms. The molecule has 2 aromatic rings. The smallest absolute Gasteiger partial charge is 0.315 e. The Balaban J connectivity index is 1.71. The first kappa shape index (κ1) is 24.5. The number of thioether (sulfide) groups is 1. The quantitative estimate of drug-likeness (QED) is 0.371. The van der Waals surface area contributed by atoms with Gasteiger partial charge in [-0.15, -0.1) is 0 Å². The number of allylic oxidation sites excluding steroid dienone is 2. The average Bonchev–Trinajstić information content (AvgIpc) is 3.36. The summed E-state index contributed by atoms with van der Waals surface area (Å²) < 4.78 is 0. The Morgan fingerprint density at radius 1 is 1.41 bits per heavy atom. The summed E-state index contributed by atoms with van der Waals surface area (Å²) in [6.07, 6.45) is 5.71. The summed E-state index contributed by atoms with van der Waals surface area (Å²) >= 11 is 7.97. The minimum absolute atomic E-state index is 0.0895. The summed E-state index contributed by atoms with van der Waals surface area (Å²) in [4.78, 5) is 32.1. The van der Waals surface area contributed by atoms with Gasteiger partial charge in [-0.1, -0.05) is 43.8 Å². The monoisotopic (exact) mass is 500 g/mol. The fraction of sp³-hybridized carbons (Fsp3) is 0.417. The first-order chi connectivity index (χ1) is 16.2. The van der Waals surface area contributed by atoms with E-state index in [0.717, 1.165) is 42.0 Å². The minimum Gasteiger partial charge on any atom is -0.481 e. The summed E-state index contributed by atoms with van der Waals surface area (Å²) in [5.41, 5.74) is 9.84. The third-order valence-electron chi connectivity index (χ3n) is 6.03. The number of hydrogen-bond donors (Lipinski definition) is 3. The molecule has 180 valence electrons. The fourth-order valence-electron chi connectivity index (χ4n) is 4.37. The van der Waals surface area contributed by atoms with Crippen molar-refractivity contribution in [2.24, 2.45) is 16.6 Å². The highest BCUT2D eigenvalue weighted by atomic mass is 35.5. The predicted molar refractivity (Wildman–Crippen MR) is 139 cm³/mol. The van der Waals surface area contributed by atoms with Crippen LogP contribution in [0, 0.1) is 5.92 Å². The molecule has 2 aliphatic rings. The number of aromatic amines is 1. The number of nitrogens with one attached hydrogen (secondary N) is 1. The summed E-state index contributed by atoms with van der Waals surface area (Å²) in [5, 5.41) is 11.7. The molecule has 0 aliphatic carbocycles. The first-order valence-corrected chi connectivity index (χ1v) is 12.6. The summed E-state index contributed by atoms with van der Waals surface area (Å²) in [7, 11) is 0. The zero-order valence-corrected chi connectivity index (χ0v) is 21.1. The number of carboxylic acid groups (broad SMARTS) is 1. The average molecular weight is 501 g/mol. The number of carbonyl (C=O) groups is 1. The van der Waals surface area contributed by atoms with Crippen molar-refractivity contribution < 1.29 is 9.90 Å². The molecule has 0 amide bonds. The molecule has 8 nitrogen and oxygen atoms in total. The Kier molecular flexibility index (Phi) is 7.16. The number of nitrogens with zero attached hydrogens (tertiary/aromatic N) is 4. The summed E-state index contributed by atoms with van der Waals surface area (Å²) in [5.74, 6) is -0.913. The van der Waals surface area contributed by atoms with E-state index in [-0.39, 0.29) is 6.04 Å². The second kappa shape index (κ2) is 9.93. The number of nitrogens with two attached hydrogens (primary N) is 1. The molecule has 4 heterocycles. The van der Waals surface area contributed by atoms with E-state index in [9.17, 15) is 9.90 Å². The number of hydrogen-bond acceptors (Lipinski definition) is 7. The van der Waals surface area contributed by atoms with Crippen molar-refractivity contribution in [1.29, 1.82) is 0 Å². The number of rotatable bonds is 7. The van der Waals surface area contributed by atoms with Crippen molar-refractivity contribution in [3.05, 3.63) is 45.6 Å². The highest BCUT2D eigenvalue weighted by Gasteiger charge is 2.28. The normalized spacial score (nSPS) is 21.8. The summed E-state index contributed by atoms with van der Waals surface area (Å²) in [6, 6.07) is 0.0895. The molecule has 1 fully saturated rings. The van der Waals surface area contributed by atoms with Crippen LogP contribution in [0.1, 0.15) is 39.3 Å². The maximum absolute atomic E-state index is 11.9. The largest absolute Gasteiger partial charge is 0.481 e. The van der Waals surface area contributed by atoms with Crippen LogP contribution in [-0.4, -0.2) is 50.9 Å². The van der Waals surface area contributed by atoms with Crippen LogP contribution < -0.4 is 10.6 Å². The van der Waals surface area contributed by atoms with Crippen molar-refractivity contribution in [1.82, 2.24) is 15.0 Å². The Morgan fingerprint density at radius 2 is 2.18 bits per heavy atom. The lowest BCUT2D eigenvalue weighted by Crippen LogP contribution is -2.27. The maximum Gasteiger partial charge on any atom is 0.315 e. The molecule has 1 saturated heterocycles. The molecule has 2 aromatic heterocycles. The third-order valence-corrected chi connectivity index (χ3v) is 7.19. The molecule has 34 heavy (non-hydrogen) atoms. The van der Waals surface area contributed by atoms with E-state index < -0.39 is 11.9 Å². The van der Waals surface area contributed by atoms with E-state index in [2.05, 4.69) is 21.5 Å². The van der Waals surface area contributed by atoms with E-state index in [1.54, 1.807) is 12.2 Å². The van der Waals surface area contributed by atoms with Gasteiger partial charge in [-0.3, -0.25) is 9.79 Å². The highest BCUT2D eigenvalue weighted by molar-refractivity contribution is 8.03. The second-order valence-electron chi connectivity index (χ2n) is 8.52. The number of fused-ring (bicyclic) bond motifs is 1. The fourth-order valence-corrected chi connectivity index (χ4v) is 5.42. The van der Waals surface area contributed by atoms with Gasteiger partial charge in [0.2, 0.25) is 0 Å². The van der Waals surface area contributed by atoms with E-state index in [4.69, 9.17) is 27.3 Å². The Bertz CT molecular complexity index is 1250. The maximum atomic E-state index is 11.9. The van der Waals surface area contributed by atoms with Crippen LogP contribution in [0.5, 0.6) is 0 Å². The number of aromatic nitrogens is 3. The molecule has 0 radical (unpaired) electrons. The predicted octanol–water partition coefficient (Wildman–Crippen LogP) is 4.71. The lowest BCUT2D eigenvalue weighted by molar-refractivity contribution is -0.138. The molecule has 4 rings (SSSR count). The van der Waals surface area contributed by atoms with Crippen LogP contribution in [0.4, 0.5) is 5.82 Å². The molecular formula is C24H29ClN6O2S. The van der Waals surface area contributed by atoms with Crippen molar-refractivity contribution in [2.75, 3.05) is 18.0 Å². The van der Waals surface area contributed by atoms with Crippen LogP contribution in [0.2, 0.25) is 5.02 Å². The Hall–Kier alpha value is -2.62. The first-order valence-electron chi connectivity index (χ1n) is 11.4. The standard InChI is InChI=1S/C24H29ClN6O2S/c1-5-17-15(16(23(32)33)9-12(3)27-17)10-13(4)34-24-29-21-19(20(25)18(6-2)28-21)22(30-24)31-8-7-14(26)11-31/h9-10,14,16H,4-8,11,26H2,1-3H3,(H,32,33)(H,28,29,30)/b15-10-. The molecule has 10 heteroatoms. The number of aliphatic carboxylic acids is 1. The third kappa shape index (κ3) is 4.78. The van der Waals surface area contributed by atoms with E-state index >= 15 is 0 Å². The zero-order valence-electron chi connectivity index (χ0n) is 19.6. The van der Waals surface area contributed by atoms with Gasteiger partial charge >= 0.3 is 5.97 Å².